The number of aliphatic hydroxyl groups is 1. The van der Waals surface area contributed by atoms with Gasteiger partial charge in [-0.15, -0.1) is 0 Å². The molecule has 102 valence electrons. The summed E-state index contributed by atoms with van der Waals surface area (Å²) in [4.78, 5) is 12.2. The van der Waals surface area contributed by atoms with E-state index in [1.165, 1.54) is 5.56 Å². The van der Waals surface area contributed by atoms with Crippen LogP contribution in [0.5, 0.6) is 0 Å². The lowest BCUT2D eigenvalue weighted by atomic mass is 10.0. The number of aliphatic hydroxyl groups excluding tert-OH is 1. The summed E-state index contributed by atoms with van der Waals surface area (Å²) >= 11 is 0. The molecule has 1 atom stereocenters. The van der Waals surface area contributed by atoms with Crippen molar-refractivity contribution in [1.29, 1.82) is 0 Å². The molecule has 1 aliphatic heterocycles. The van der Waals surface area contributed by atoms with Gasteiger partial charge in [0.1, 0.15) is 0 Å². The molecule has 19 heavy (non-hydrogen) atoms. The Bertz CT molecular complexity index is 483. The maximum Gasteiger partial charge on any atom is 0.241 e. The van der Waals surface area contributed by atoms with Crippen LogP contribution in [-0.2, 0) is 11.2 Å². The van der Waals surface area contributed by atoms with E-state index >= 15 is 0 Å². The summed E-state index contributed by atoms with van der Waals surface area (Å²) in [6.45, 7) is 0.951. The zero-order valence-electron chi connectivity index (χ0n) is 11.0. The van der Waals surface area contributed by atoms with Crippen LogP contribution in [-0.4, -0.2) is 30.2 Å². The van der Waals surface area contributed by atoms with Gasteiger partial charge in [0, 0.05) is 24.3 Å². The zero-order valence-corrected chi connectivity index (χ0v) is 11.0. The Morgan fingerprint density at radius 1 is 1.37 bits per heavy atom. The van der Waals surface area contributed by atoms with Crippen LogP contribution in [0.4, 0.5) is 5.69 Å². The smallest absolute Gasteiger partial charge is 0.241 e. The second-order valence-corrected chi connectivity index (χ2v) is 5.78. The third-order valence-corrected chi connectivity index (χ3v) is 4.31. The van der Waals surface area contributed by atoms with E-state index < -0.39 is 0 Å². The summed E-state index contributed by atoms with van der Waals surface area (Å²) in [6.07, 6.45) is 3.83. The number of nitrogens with one attached hydrogen (secondary N) is 2. The van der Waals surface area contributed by atoms with Crippen molar-refractivity contribution in [2.24, 2.45) is 5.41 Å². The molecule has 1 aromatic carbocycles. The Kier molecular flexibility index (Phi) is 3.29. The van der Waals surface area contributed by atoms with Gasteiger partial charge in [0.2, 0.25) is 5.91 Å². The Labute approximate surface area is 113 Å². The van der Waals surface area contributed by atoms with Gasteiger partial charge in [-0.25, -0.2) is 0 Å². The molecule has 1 heterocycles. The number of para-hydroxylation sites is 1. The van der Waals surface area contributed by atoms with Crippen LogP contribution < -0.4 is 10.6 Å². The summed E-state index contributed by atoms with van der Waals surface area (Å²) in [7, 11) is 0. The van der Waals surface area contributed by atoms with Crippen LogP contribution >= 0.6 is 0 Å². The van der Waals surface area contributed by atoms with Crippen molar-refractivity contribution in [2.45, 2.75) is 31.7 Å². The number of hydrogen-bond acceptors (Lipinski definition) is 3. The van der Waals surface area contributed by atoms with Crippen molar-refractivity contribution in [3.63, 3.8) is 0 Å². The number of fused-ring (bicyclic) bond motifs is 1. The molecule has 3 rings (SSSR count). The van der Waals surface area contributed by atoms with E-state index in [0.717, 1.165) is 37.9 Å². The summed E-state index contributed by atoms with van der Waals surface area (Å²) in [5.41, 5.74) is 2.17. The molecule has 4 nitrogen and oxygen atoms in total. The number of amides is 1. The van der Waals surface area contributed by atoms with Gasteiger partial charge in [-0.05, 0) is 37.3 Å². The second-order valence-electron chi connectivity index (χ2n) is 5.78. The van der Waals surface area contributed by atoms with Crippen LogP contribution in [0, 0.1) is 5.41 Å². The molecule has 1 amide bonds. The second kappa shape index (κ2) is 4.94. The lowest BCUT2D eigenvalue weighted by Crippen LogP contribution is -2.43. The average molecular weight is 260 g/mol. The molecule has 0 radical (unpaired) electrons. The molecule has 4 heteroatoms. The number of anilines is 1. The van der Waals surface area contributed by atoms with Gasteiger partial charge in [0.05, 0.1) is 6.04 Å². The highest BCUT2D eigenvalue weighted by Gasteiger charge is 2.42. The highest BCUT2D eigenvalue weighted by Crippen LogP contribution is 2.44. The minimum absolute atomic E-state index is 0.0405. The van der Waals surface area contributed by atoms with Crippen LogP contribution in [0.1, 0.15) is 24.8 Å². The first kappa shape index (κ1) is 12.6. The maximum absolute atomic E-state index is 12.2. The fraction of sp³-hybridized carbons (Fsp3) is 0.533. The number of hydrogen-bond donors (Lipinski definition) is 3. The molecule has 0 saturated heterocycles. The minimum Gasteiger partial charge on any atom is -0.396 e. The Morgan fingerprint density at radius 3 is 2.89 bits per heavy atom. The van der Waals surface area contributed by atoms with Crippen LogP contribution in [0.2, 0.25) is 0 Å². The van der Waals surface area contributed by atoms with Crippen molar-refractivity contribution in [3.05, 3.63) is 29.8 Å². The Morgan fingerprint density at radius 2 is 2.16 bits per heavy atom. The molecule has 0 aromatic heterocycles. The number of benzene rings is 1. The van der Waals surface area contributed by atoms with Crippen molar-refractivity contribution in [1.82, 2.24) is 5.32 Å². The van der Waals surface area contributed by atoms with Gasteiger partial charge >= 0.3 is 0 Å². The van der Waals surface area contributed by atoms with Gasteiger partial charge in [-0.3, -0.25) is 4.79 Å². The number of carbonyl (C=O) groups excluding carboxylic acids is 1. The Balaban J connectivity index is 1.64. The highest BCUT2D eigenvalue weighted by molar-refractivity contribution is 5.96. The van der Waals surface area contributed by atoms with Crippen LogP contribution in [0.3, 0.4) is 0 Å². The topological polar surface area (TPSA) is 61.4 Å². The fourth-order valence-corrected chi connectivity index (χ4v) is 2.61. The van der Waals surface area contributed by atoms with Crippen LogP contribution in [0.25, 0.3) is 0 Å². The molecule has 2 aliphatic rings. The van der Waals surface area contributed by atoms with Crippen molar-refractivity contribution >= 4 is 11.6 Å². The summed E-state index contributed by atoms with van der Waals surface area (Å²) < 4.78 is 0. The number of rotatable bonds is 4. The predicted octanol–water partition coefficient (Wildman–Crippen LogP) is 1.30. The molecule has 1 saturated carbocycles. The van der Waals surface area contributed by atoms with Gasteiger partial charge < -0.3 is 15.7 Å². The van der Waals surface area contributed by atoms with E-state index in [-0.39, 0.29) is 24.0 Å². The van der Waals surface area contributed by atoms with Gasteiger partial charge in [0.15, 0.2) is 0 Å². The quantitative estimate of drug-likeness (QED) is 0.765. The van der Waals surface area contributed by atoms with Gasteiger partial charge in [0.25, 0.3) is 0 Å². The lowest BCUT2D eigenvalue weighted by molar-refractivity contribution is -0.118. The third kappa shape index (κ3) is 2.65. The maximum atomic E-state index is 12.2. The van der Waals surface area contributed by atoms with E-state index in [4.69, 9.17) is 0 Å². The van der Waals surface area contributed by atoms with Crippen molar-refractivity contribution in [2.75, 3.05) is 18.5 Å². The van der Waals surface area contributed by atoms with Crippen LogP contribution in [0.15, 0.2) is 24.3 Å². The van der Waals surface area contributed by atoms with E-state index in [0.29, 0.717) is 0 Å². The molecule has 0 bridgehead atoms. The van der Waals surface area contributed by atoms with Crippen molar-refractivity contribution < 1.29 is 9.90 Å². The monoisotopic (exact) mass is 260 g/mol. The summed E-state index contributed by atoms with van der Waals surface area (Å²) in [5.74, 6) is 0.0405. The molecule has 1 unspecified atom stereocenters. The first-order valence-corrected chi connectivity index (χ1v) is 6.95. The van der Waals surface area contributed by atoms with E-state index in [1.54, 1.807) is 0 Å². The normalized spacial score (nSPS) is 24.3. The summed E-state index contributed by atoms with van der Waals surface area (Å²) in [5, 5.41) is 15.6. The molecule has 1 aliphatic carbocycles. The standard InChI is InChI=1S/C15H20N2O2/c18-10-15(7-8-15)9-16-13-6-5-11-3-1-2-4-12(11)17-14(13)19/h1-4,13,16,18H,5-10H2,(H,17,19). The van der Waals surface area contributed by atoms with Crippen molar-refractivity contribution in [3.8, 4) is 0 Å². The first-order chi connectivity index (χ1) is 9.22. The third-order valence-electron chi connectivity index (χ3n) is 4.31. The summed E-state index contributed by atoms with van der Waals surface area (Å²) in [6, 6.07) is 7.80. The molecular weight excluding hydrogens is 240 g/mol. The largest absolute Gasteiger partial charge is 0.396 e. The van der Waals surface area contributed by atoms with E-state index in [2.05, 4.69) is 16.7 Å². The highest BCUT2D eigenvalue weighted by atomic mass is 16.3. The van der Waals surface area contributed by atoms with Gasteiger partial charge in [-0.2, -0.15) is 0 Å². The molecular formula is C15H20N2O2. The molecule has 0 spiro atoms. The SMILES string of the molecule is O=C1Nc2ccccc2CCC1NCC1(CO)CC1. The zero-order chi connectivity index (χ0) is 13.3. The van der Waals surface area contributed by atoms with Gasteiger partial charge in [-0.1, -0.05) is 18.2 Å². The average Bonchev–Trinajstić information content (AvgIpc) is 3.21. The lowest BCUT2D eigenvalue weighted by Gasteiger charge is -2.19. The number of aryl methyl sites for hydroxylation is 1. The fourth-order valence-electron chi connectivity index (χ4n) is 2.61. The predicted molar refractivity (Wildman–Crippen MR) is 73.9 cm³/mol. The molecule has 1 aromatic rings. The number of carbonyl (C=O) groups is 1. The van der Waals surface area contributed by atoms with E-state index in [9.17, 15) is 9.90 Å². The molecule has 3 N–H and O–H groups in total. The Hall–Kier alpha value is -1.39. The first-order valence-electron chi connectivity index (χ1n) is 6.95. The minimum atomic E-state index is -0.156. The van der Waals surface area contributed by atoms with E-state index in [1.807, 2.05) is 18.2 Å². The molecule has 1 fully saturated rings.